The lowest BCUT2D eigenvalue weighted by Crippen LogP contribution is -2.44. The van der Waals surface area contributed by atoms with Crippen LogP contribution in [0.2, 0.25) is 0 Å². The van der Waals surface area contributed by atoms with Crippen molar-refractivity contribution in [3.63, 3.8) is 0 Å². The summed E-state index contributed by atoms with van der Waals surface area (Å²) in [7, 11) is 2.56. The molecule has 2 nitrogen and oxygen atoms in total. The van der Waals surface area contributed by atoms with Gasteiger partial charge in [0.05, 0.1) is 0 Å². The highest BCUT2D eigenvalue weighted by Gasteiger charge is 2.43. The summed E-state index contributed by atoms with van der Waals surface area (Å²) in [6, 6.07) is 40.2. The van der Waals surface area contributed by atoms with Gasteiger partial charge in [-0.25, -0.2) is 0 Å². The maximum Gasteiger partial charge on any atom is 0.197 e. The molecule has 0 spiro atoms. The first-order valence-corrected chi connectivity index (χ1v) is 24.7. The van der Waals surface area contributed by atoms with Gasteiger partial charge >= 0.3 is 0 Å². The number of benzene rings is 6. The first-order chi connectivity index (χ1) is 30.5. The predicted octanol–water partition coefficient (Wildman–Crippen LogP) is 15.9. The monoisotopic (exact) mass is 856 g/mol. The summed E-state index contributed by atoms with van der Waals surface area (Å²) in [5.41, 5.74) is 25.9. The largest absolute Gasteiger partial charge is 0.355 e. The second kappa shape index (κ2) is 14.7. The third kappa shape index (κ3) is 7.30. The highest BCUT2D eigenvalue weighted by atomic mass is 15.2. The van der Waals surface area contributed by atoms with Crippen LogP contribution in [0.5, 0.6) is 0 Å². The van der Waals surface area contributed by atoms with Crippen molar-refractivity contribution in [2.45, 2.75) is 168 Å². The Kier molecular flexibility index (Phi) is 9.95. The third-order valence-corrected chi connectivity index (χ3v) is 17.0. The summed E-state index contributed by atoms with van der Waals surface area (Å²) in [5, 5.41) is 4.05. The molecule has 1 radical (unpaired) electrons. The summed E-state index contributed by atoms with van der Waals surface area (Å²) in [4.78, 5) is 2.69. The van der Waals surface area contributed by atoms with E-state index in [0.717, 1.165) is 5.69 Å². The minimum Gasteiger partial charge on any atom is -0.355 e. The first-order valence-electron chi connectivity index (χ1n) is 24.7. The van der Waals surface area contributed by atoms with Gasteiger partial charge in [-0.3, -0.25) is 0 Å². The molecule has 6 aromatic rings. The van der Waals surface area contributed by atoms with Gasteiger partial charge in [0.1, 0.15) is 0 Å². The predicted molar refractivity (Wildman–Crippen MR) is 282 cm³/mol. The van der Waals surface area contributed by atoms with E-state index in [1.54, 1.807) is 0 Å². The minimum absolute atomic E-state index is 0.0555. The lowest BCUT2D eigenvalue weighted by molar-refractivity contribution is 0.331. The van der Waals surface area contributed by atoms with Crippen LogP contribution in [0.25, 0.3) is 22.3 Å². The van der Waals surface area contributed by atoms with Gasteiger partial charge in [0.15, 0.2) is 7.28 Å². The summed E-state index contributed by atoms with van der Waals surface area (Å²) in [5.74, 6) is 0. The zero-order valence-corrected chi connectivity index (χ0v) is 42.1. The van der Waals surface area contributed by atoms with E-state index >= 15 is 0 Å². The van der Waals surface area contributed by atoms with Crippen LogP contribution in [0.1, 0.15) is 166 Å². The number of nitrogens with zero attached hydrogens (tertiary/aromatic N) is 1. The third-order valence-electron chi connectivity index (χ3n) is 17.0. The molecule has 333 valence electrons. The number of nitrogens with one attached hydrogen (secondary N) is 1. The number of rotatable bonds is 5. The molecule has 0 saturated carbocycles. The maximum atomic E-state index is 4.05. The van der Waals surface area contributed by atoms with Crippen LogP contribution < -0.4 is 21.1 Å². The Morgan fingerprint density at radius 2 is 0.892 bits per heavy atom. The standard InChI is InChI=1S/C62H72BN2/c1-38-30-44(43-33-46-48(60(9,10)27-25-58(46,5)6)35-52(43)64-42-22-20-41(21-23-42)40-18-16-15-17-19-40)56-55(31-38)65(53-36-49-45(32-39(53)2)57(3,4)24-28-61(49,11)12)54-37-50-47(34-51(54)63-56)59(7,8)26-29-62(50,13)14/h15-23,30-37,64H,24-29H2,1-14H3. The fourth-order valence-corrected chi connectivity index (χ4v) is 12.2. The number of aryl methyl sites for hydroxylation is 2. The molecule has 0 amide bonds. The van der Waals surface area contributed by atoms with Crippen LogP contribution in [-0.2, 0) is 32.5 Å². The zero-order chi connectivity index (χ0) is 46.2. The van der Waals surface area contributed by atoms with Crippen LogP contribution in [0.15, 0.2) is 103 Å². The molecule has 4 aliphatic rings. The fourth-order valence-electron chi connectivity index (χ4n) is 12.2. The molecular formula is C62H72BN2. The van der Waals surface area contributed by atoms with Gasteiger partial charge in [0, 0.05) is 34.0 Å². The molecule has 6 aromatic carbocycles. The average molecular weight is 856 g/mol. The summed E-state index contributed by atoms with van der Waals surface area (Å²) >= 11 is 0. The van der Waals surface area contributed by atoms with E-state index in [9.17, 15) is 0 Å². The second-order valence-electron chi connectivity index (χ2n) is 24.7. The van der Waals surface area contributed by atoms with Gasteiger partial charge < -0.3 is 10.2 Å². The molecule has 10 rings (SSSR count). The molecule has 0 unspecified atom stereocenters. The SMILES string of the molecule is Cc1cc(-c2cc3c(cc2Nc2ccc(-c4ccccc4)cc2)C(C)(C)CCC3(C)C)c2c(c1)N(c1cc3c(cc1C)C(C)(C)CCC3(C)C)c1cc3c(cc1[B]2)C(C)(C)CCC3(C)C. The van der Waals surface area contributed by atoms with Gasteiger partial charge in [-0.15, -0.1) is 0 Å². The molecule has 1 N–H and O–H groups in total. The maximum absolute atomic E-state index is 4.05. The van der Waals surface area contributed by atoms with Crippen LogP contribution in [0, 0.1) is 13.8 Å². The second-order valence-corrected chi connectivity index (χ2v) is 24.7. The van der Waals surface area contributed by atoms with Crippen molar-refractivity contribution in [3.05, 3.63) is 148 Å². The van der Waals surface area contributed by atoms with Crippen molar-refractivity contribution in [1.29, 1.82) is 0 Å². The fraction of sp³-hybridized carbons (Fsp3) is 0.419. The van der Waals surface area contributed by atoms with Crippen molar-refractivity contribution in [1.82, 2.24) is 0 Å². The Balaban J connectivity index is 1.23. The van der Waals surface area contributed by atoms with Crippen LogP contribution in [0.3, 0.4) is 0 Å². The highest BCUT2D eigenvalue weighted by Crippen LogP contribution is 2.53. The number of fused-ring (bicyclic) bond motifs is 5. The molecule has 0 fully saturated rings. The van der Waals surface area contributed by atoms with E-state index in [2.05, 4.69) is 218 Å². The number of hydrogen-bond acceptors (Lipinski definition) is 2. The summed E-state index contributed by atoms with van der Waals surface area (Å²) in [6.45, 7) is 34.2. The van der Waals surface area contributed by atoms with Gasteiger partial charge in [-0.05, 0) is 194 Å². The van der Waals surface area contributed by atoms with Crippen molar-refractivity contribution in [2.24, 2.45) is 0 Å². The van der Waals surface area contributed by atoms with Gasteiger partial charge in [0.25, 0.3) is 0 Å². The topological polar surface area (TPSA) is 15.3 Å². The summed E-state index contributed by atoms with van der Waals surface area (Å²) < 4.78 is 0. The van der Waals surface area contributed by atoms with E-state index in [4.69, 9.17) is 0 Å². The van der Waals surface area contributed by atoms with Crippen molar-refractivity contribution in [2.75, 3.05) is 10.2 Å². The Morgan fingerprint density at radius 1 is 0.431 bits per heavy atom. The smallest absolute Gasteiger partial charge is 0.197 e. The van der Waals surface area contributed by atoms with Crippen molar-refractivity contribution < 1.29 is 0 Å². The zero-order valence-electron chi connectivity index (χ0n) is 42.1. The molecule has 65 heavy (non-hydrogen) atoms. The molecule has 1 aliphatic heterocycles. The van der Waals surface area contributed by atoms with Gasteiger partial charge in [0.2, 0.25) is 0 Å². The number of anilines is 5. The van der Waals surface area contributed by atoms with Crippen LogP contribution in [0.4, 0.5) is 28.4 Å². The molecule has 1 heterocycles. The van der Waals surface area contributed by atoms with Crippen molar-refractivity contribution >= 4 is 46.6 Å². The van der Waals surface area contributed by atoms with Crippen LogP contribution in [-0.4, -0.2) is 7.28 Å². The molecule has 0 bridgehead atoms. The lowest BCUT2D eigenvalue weighted by atomic mass is 9.54. The average Bonchev–Trinajstić information content (AvgIpc) is 3.25. The Hall–Kier alpha value is -5.02. The normalized spacial score (nSPS) is 20.0. The van der Waals surface area contributed by atoms with Gasteiger partial charge in [-0.1, -0.05) is 149 Å². The Bertz CT molecular complexity index is 2860. The highest BCUT2D eigenvalue weighted by molar-refractivity contribution is 6.73. The molecule has 3 heteroatoms. The Morgan fingerprint density at radius 3 is 1.45 bits per heavy atom. The molecule has 0 aromatic heterocycles. The van der Waals surface area contributed by atoms with E-state index in [-0.39, 0.29) is 32.5 Å². The first kappa shape index (κ1) is 43.9. The van der Waals surface area contributed by atoms with Crippen molar-refractivity contribution in [3.8, 4) is 22.3 Å². The minimum atomic E-state index is 0.0555. The van der Waals surface area contributed by atoms with E-state index in [0.29, 0.717) is 0 Å². The van der Waals surface area contributed by atoms with E-state index in [1.165, 1.54) is 139 Å². The molecule has 0 saturated heterocycles. The summed E-state index contributed by atoms with van der Waals surface area (Å²) in [6.07, 6.45) is 7.11. The van der Waals surface area contributed by atoms with E-state index < -0.39 is 0 Å². The quantitative estimate of drug-likeness (QED) is 0.174. The molecular weight excluding hydrogens is 784 g/mol. The number of hydrogen-bond donors (Lipinski definition) is 1. The Labute approximate surface area is 392 Å². The van der Waals surface area contributed by atoms with E-state index in [1.807, 2.05) is 0 Å². The molecule has 0 atom stereocenters. The molecule has 3 aliphatic carbocycles. The van der Waals surface area contributed by atoms with Crippen LogP contribution >= 0.6 is 0 Å². The van der Waals surface area contributed by atoms with Gasteiger partial charge in [-0.2, -0.15) is 0 Å². The lowest BCUT2D eigenvalue weighted by Gasteiger charge is -2.46.